The number of hydrogen-bond donors (Lipinski definition) is 1. The second kappa shape index (κ2) is 15.3. The summed E-state index contributed by atoms with van der Waals surface area (Å²) in [5.41, 5.74) is 4.53. The first-order valence-electron chi connectivity index (χ1n) is 12.1. The van der Waals surface area contributed by atoms with Gasteiger partial charge in [0.1, 0.15) is 0 Å². The number of hydrogen-bond acceptors (Lipinski definition) is 4. The average Bonchev–Trinajstić information content (AvgIpc) is 2.78. The van der Waals surface area contributed by atoms with E-state index in [-0.39, 0.29) is 19.0 Å². The van der Waals surface area contributed by atoms with Gasteiger partial charge in [-0.3, -0.25) is 4.79 Å². The molecule has 0 saturated carbocycles. The molecule has 2 aromatic rings. The zero-order chi connectivity index (χ0) is 27.3. The molecule has 1 amide bonds. The van der Waals surface area contributed by atoms with Crippen LogP contribution in [0.1, 0.15) is 49.9 Å². The van der Waals surface area contributed by atoms with Gasteiger partial charge in [-0.25, -0.2) is 4.79 Å². The molecule has 0 aromatic heterocycles. The van der Waals surface area contributed by atoms with Gasteiger partial charge in [-0.15, -0.1) is 0 Å². The Labute approximate surface area is 213 Å². The summed E-state index contributed by atoms with van der Waals surface area (Å²) in [5, 5.41) is 3.44. The number of carbonyl (C=O) groups is 2. The minimum atomic E-state index is -4.66. The minimum Gasteiger partial charge on any atom is -0.449 e. The summed E-state index contributed by atoms with van der Waals surface area (Å²) in [6, 6.07) is 15.8. The first kappa shape index (κ1) is 31.2. The van der Waals surface area contributed by atoms with E-state index in [0.717, 1.165) is 30.1 Å². The molecule has 0 atom stereocenters. The second-order valence-electron chi connectivity index (χ2n) is 9.65. The van der Waals surface area contributed by atoms with Crippen molar-refractivity contribution >= 4 is 11.9 Å². The number of rotatable bonds is 9. The first-order chi connectivity index (χ1) is 16.8. The SMILES string of the molecule is Cc1ccccc1CN(CC(C)C)C(=O)C(=O)OCC(F)(F)F.Cc1ccccc1CNCC(C)C. The normalized spacial score (nSPS) is 11.2. The van der Waals surface area contributed by atoms with E-state index in [2.05, 4.69) is 55.1 Å². The van der Waals surface area contributed by atoms with Crippen LogP contribution in [0.4, 0.5) is 13.2 Å². The molecular weight excluding hydrogens is 469 g/mol. The topological polar surface area (TPSA) is 58.6 Å². The van der Waals surface area contributed by atoms with Gasteiger partial charge in [-0.1, -0.05) is 76.2 Å². The lowest BCUT2D eigenvalue weighted by molar-refractivity contribution is -0.189. The van der Waals surface area contributed by atoms with E-state index in [1.165, 1.54) is 16.0 Å². The molecule has 0 radical (unpaired) electrons. The molecular formula is C28H39F3N2O3. The highest BCUT2D eigenvalue weighted by atomic mass is 19.4. The van der Waals surface area contributed by atoms with E-state index in [1.807, 2.05) is 32.9 Å². The van der Waals surface area contributed by atoms with Crippen molar-refractivity contribution in [2.24, 2.45) is 11.8 Å². The fourth-order valence-electron chi connectivity index (χ4n) is 3.30. The molecule has 1 N–H and O–H groups in total. The maximum atomic E-state index is 12.1. The van der Waals surface area contributed by atoms with Gasteiger partial charge in [-0.2, -0.15) is 13.2 Å². The van der Waals surface area contributed by atoms with Crippen molar-refractivity contribution in [3.8, 4) is 0 Å². The zero-order valence-corrected chi connectivity index (χ0v) is 22.1. The van der Waals surface area contributed by atoms with Crippen LogP contribution in [0.15, 0.2) is 48.5 Å². The van der Waals surface area contributed by atoms with Gasteiger partial charge in [0.15, 0.2) is 6.61 Å². The standard InChI is InChI=1S/C16H20F3NO3.C12H19N/c1-11(2)8-20(9-13-7-5-4-6-12(13)3)14(21)15(22)23-10-16(17,18)19;1-10(2)8-13-9-12-7-5-4-6-11(12)3/h4-7,11H,8-10H2,1-3H3;4-7,10,13H,8-9H2,1-3H3. The predicted molar refractivity (Wildman–Crippen MR) is 136 cm³/mol. The lowest BCUT2D eigenvalue weighted by atomic mass is 10.1. The summed E-state index contributed by atoms with van der Waals surface area (Å²) in [6.07, 6.45) is -4.66. The quantitative estimate of drug-likeness (QED) is 0.342. The smallest absolute Gasteiger partial charge is 0.422 e. The molecule has 0 aliphatic heterocycles. The lowest BCUT2D eigenvalue weighted by Crippen LogP contribution is -2.40. The number of nitrogens with zero attached hydrogens (tertiary/aromatic N) is 1. The third-order valence-electron chi connectivity index (χ3n) is 5.17. The third-order valence-corrected chi connectivity index (χ3v) is 5.17. The second-order valence-corrected chi connectivity index (χ2v) is 9.65. The number of amides is 1. The van der Waals surface area contributed by atoms with Gasteiger partial charge in [0.25, 0.3) is 0 Å². The maximum absolute atomic E-state index is 12.1. The average molecular weight is 509 g/mol. The van der Waals surface area contributed by atoms with Gasteiger partial charge in [0, 0.05) is 19.6 Å². The highest BCUT2D eigenvalue weighted by molar-refractivity contribution is 6.32. The van der Waals surface area contributed by atoms with Crippen molar-refractivity contribution in [2.75, 3.05) is 19.7 Å². The van der Waals surface area contributed by atoms with Gasteiger partial charge >= 0.3 is 18.1 Å². The number of nitrogens with one attached hydrogen (secondary N) is 1. The first-order valence-corrected chi connectivity index (χ1v) is 12.1. The molecule has 0 fully saturated rings. The molecule has 0 heterocycles. The molecule has 8 heteroatoms. The largest absolute Gasteiger partial charge is 0.449 e. The molecule has 0 aliphatic rings. The Morgan fingerprint density at radius 1 is 0.889 bits per heavy atom. The molecule has 36 heavy (non-hydrogen) atoms. The lowest BCUT2D eigenvalue weighted by Gasteiger charge is -2.24. The van der Waals surface area contributed by atoms with Gasteiger partial charge < -0.3 is 15.0 Å². The van der Waals surface area contributed by atoms with Crippen molar-refractivity contribution < 1.29 is 27.5 Å². The number of esters is 1. The zero-order valence-electron chi connectivity index (χ0n) is 22.1. The number of alkyl halides is 3. The van der Waals surface area contributed by atoms with E-state index < -0.39 is 24.7 Å². The van der Waals surface area contributed by atoms with Gasteiger partial charge in [0.05, 0.1) is 0 Å². The van der Waals surface area contributed by atoms with Gasteiger partial charge in [-0.05, 0) is 54.5 Å². The van der Waals surface area contributed by atoms with E-state index in [1.54, 1.807) is 12.1 Å². The minimum absolute atomic E-state index is 0.0541. The molecule has 0 spiro atoms. The van der Waals surface area contributed by atoms with Crippen LogP contribution in [-0.2, 0) is 27.4 Å². The number of halogens is 3. The third kappa shape index (κ3) is 12.7. The summed E-state index contributed by atoms with van der Waals surface area (Å²) >= 11 is 0. The fourth-order valence-corrected chi connectivity index (χ4v) is 3.30. The molecule has 0 bridgehead atoms. The van der Waals surface area contributed by atoms with Crippen molar-refractivity contribution in [3.05, 3.63) is 70.8 Å². The van der Waals surface area contributed by atoms with Crippen molar-refractivity contribution in [2.45, 2.75) is 60.8 Å². The highest BCUT2D eigenvalue weighted by Gasteiger charge is 2.32. The molecule has 2 rings (SSSR count). The number of ether oxygens (including phenoxy) is 1. The Bertz CT molecular complexity index is 959. The monoisotopic (exact) mass is 508 g/mol. The van der Waals surface area contributed by atoms with Crippen molar-refractivity contribution in [1.29, 1.82) is 0 Å². The predicted octanol–water partition coefficient (Wildman–Crippen LogP) is 5.83. The van der Waals surface area contributed by atoms with Crippen LogP contribution >= 0.6 is 0 Å². The van der Waals surface area contributed by atoms with Crippen molar-refractivity contribution in [3.63, 3.8) is 0 Å². The Morgan fingerprint density at radius 2 is 1.42 bits per heavy atom. The van der Waals surface area contributed by atoms with E-state index in [0.29, 0.717) is 0 Å². The van der Waals surface area contributed by atoms with Crippen LogP contribution in [0.3, 0.4) is 0 Å². The summed E-state index contributed by atoms with van der Waals surface area (Å²) in [5.74, 6) is -1.77. The van der Waals surface area contributed by atoms with Gasteiger partial charge in [0.2, 0.25) is 0 Å². The van der Waals surface area contributed by atoms with Crippen LogP contribution < -0.4 is 5.32 Å². The molecule has 2 aromatic carbocycles. The Kier molecular flexibility index (Phi) is 13.2. The summed E-state index contributed by atoms with van der Waals surface area (Å²) in [4.78, 5) is 24.9. The van der Waals surface area contributed by atoms with Crippen LogP contribution in [0, 0.1) is 25.7 Å². The van der Waals surface area contributed by atoms with E-state index >= 15 is 0 Å². The van der Waals surface area contributed by atoms with Crippen LogP contribution in [0.25, 0.3) is 0 Å². The van der Waals surface area contributed by atoms with Crippen LogP contribution in [0.2, 0.25) is 0 Å². The van der Waals surface area contributed by atoms with Crippen LogP contribution in [-0.4, -0.2) is 42.6 Å². The summed E-state index contributed by atoms with van der Waals surface area (Å²) < 4.78 is 40.3. The Balaban J connectivity index is 0.000000420. The Morgan fingerprint density at radius 3 is 1.89 bits per heavy atom. The summed E-state index contributed by atoms with van der Waals surface area (Å²) in [6.45, 7) is 12.9. The number of carbonyl (C=O) groups excluding carboxylic acids is 2. The molecule has 0 aliphatic carbocycles. The maximum Gasteiger partial charge on any atom is 0.422 e. The number of aryl methyl sites for hydroxylation is 2. The molecule has 200 valence electrons. The van der Waals surface area contributed by atoms with E-state index in [4.69, 9.17) is 0 Å². The van der Waals surface area contributed by atoms with Crippen molar-refractivity contribution in [1.82, 2.24) is 10.2 Å². The van der Waals surface area contributed by atoms with E-state index in [9.17, 15) is 22.8 Å². The molecule has 0 saturated heterocycles. The Hall–Kier alpha value is -2.87. The summed E-state index contributed by atoms with van der Waals surface area (Å²) in [7, 11) is 0. The number of benzene rings is 2. The van der Waals surface area contributed by atoms with Crippen LogP contribution in [0.5, 0.6) is 0 Å². The molecule has 5 nitrogen and oxygen atoms in total. The molecule has 0 unspecified atom stereocenters. The fraction of sp³-hybridized carbons (Fsp3) is 0.500. The highest BCUT2D eigenvalue weighted by Crippen LogP contribution is 2.16.